The second-order valence-electron chi connectivity index (χ2n) is 8.39. The summed E-state index contributed by atoms with van der Waals surface area (Å²) in [6.07, 6.45) is 1.18. The molecule has 0 radical (unpaired) electrons. The molecular weight excluding hydrogens is 444 g/mol. The van der Waals surface area contributed by atoms with Crippen molar-refractivity contribution in [2.24, 2.45) is 5.92 Å². The number of nitrogens with one attached hydrogen (secondary N) is 1. The van der Waals surface area contributed by atoms with Crippen LogP contribution >= 0.6 is 0 Å². The van der Waals surface area contributed by atoms with Crippen LogP contribution in [0.4, 0.5) is 5.69 Å². The van der Waals surface area contributed by atoms with Crippen LogP contribution < -0.4 is 19.5 Å². The highest BCUT2D eigenvalue weighted by Gasteiger charge is 2.30. The van der Waals surface area contributed by atoms with Crippen LogP contribution in [0.2, 0.25) is 0 Å². The number of amides is 2. The van der Waals surface area contributed by atoms with Crippen LogP contribution in [0.15, 0.2) is 72.8 Å². The summed E-state index contributed by atoms with van der Waals surface area (Å²) < 4.78 is 16.5. The Labute approximate surface area is 205 Å². The summed E-state index contributed by atoms with van der Waals surface area (Å²) >= 11 is 0. The first-order chi connectivity index (χ1) is 17.1. The molecule has 0 spiro atoms. The first-order valence-electron chi connectivity index (χ1n) is 11.7. The van der Waals surface area contributed by atoms with E-state index >= 15 is 0 Å². The van der Waals surface area contributed by atoms with Crippen molar-refractivity contribution in [1.82, 2.24) is 4.90 Å². The third kappa shape index (κ3) is 5.93. The zero-order valence-corrected chi connectivity index (χ0v) is 20.0. The van der Waals surface area contributed by atoms with Gasteiger partial charge in [-0.2, -0.15) is 0 Å². The second kappa shape index (κ2) is 11.4. The monoisotopic (exact) mass is 474 g/mol. The molecule has 0 aromatic heterocycles. The number of nitrogens with zero attached hydrogens (tertiary/aromatic N) is 1. The van der Waals surface area contributed by atoms with E-state index in [1.807, 2.05) is 54.6 Å². The van der Waals surface area contributed by atoms with Crippen LogP contribution in [0.1, 0.15) is 28.8 Å². The number of anilines is 1. The molecular formula is C28H30N2O5. The van der Waals surface area contributed by atoms with Crippen molar-refractivity contribution in [3.8, 4) is 17.2 Å². The van der Waals surface area contributed by atoms with Crippen LogP contribution in [0.3, 0.4) is 0 Å². The quantitative estimate of drug-likeness (QED) is 0.509. The van der Waals surface area contributed by atoms with Crippen LogP contribution in [-0.2, 0) is 11.4 Å². The van der Waals surface area contributed by atoms with Gasteiger partial charge in [0, 0.05) is 24.7 Å². The van der Waals surface area contributed by atoms with E-state index in [0.717, 1.165) is 17.0 Å². The van der Waals surface area contributed by atoms with Crippen molar-refractivity contribution in [2.75, 3.05) is 32.6 Å². The Morgan fingerprint density at radius 3 is 2.09 bits per heavy atom. The highest BCUT2D eigenvalue weighted by molar-refractivity contribution is 6.00. The molecule has 7 heteroatoms. The van der Waals surface area contributed by atoms with Gasteiger partial charge in [-0.05, 0) is 54.8 Å². The van der Waals surface area contributed by atoms with Gasteiger partial charge in [0.15, 0.2) is 0 Å². The lowest BCUT2D eigenvalue weighted by atomic mass is 9.95. The predicted octanol–water partition coefficient (Wildman–Crippen LogP) is 4.77. The molecule has 7 nitrogen and oxygen atoms in total. The summed E-state index contributed by atoms with van der Waals surface area (Å²) in [7, 11) is 3.06. The fourth-order valence-electron chi connectivity index (χ4n) is 4.18. The molecule has 1 heterocycles. The van der Waals surface area contributed by atoms with E-state index < -0.39 is 0 Å². The Morgan fingerprint density at radius 1 is 0.857 bits per heavy atom. The highest BCUT2D eigenvalue weighted by atomic mass is 16.5. The van der Waals surface area contributed by atoms with E-state index in [4.69, 9.17) is 14.2 Å². The summed E-state index contributed by atoms with van der Waals surface area (Å²) in [6, 6.07) is 22.6. The Hall–Kier alpha value is -4.00. The molecule has 0 bridgehead atoms. The van der Waals surface area contributed by atoms with E-state index in [2.05, 4.69) is 5.32 Å². The van der Waals surface area contributed by atoms with Crippen molar-refractivity contribution in [3.63, 3.8) is 0 Å². The maximum absolute atomic E-state index is 13.2. The molecule has 0 aliphatic carbocycles. The highest BCUT2D eigenvalue weighted by Crippen LogP contribution is 2.31. The maximum atomic E-state index is 13.2. The van der Waals surface area contributed by atoms with Gasteiger partial charge in [0.2, 0.25) is 5.91 Å². The molecule has 182 valence electrons. The Bertz CT molecular complexity index is 1120. The molecule has 1 aliphatic rings. The van der Waals surface area contributed by atoms with Crippen LogP contribution in [-0.4, -0.2) is 44.0 Å². The largest absolute Gasteiger partial charge is 0.496 e. The van der Waals surface area contributed by atoms with Crippen LogP contribution in [0, 0.1) is 5.92 Å². The maximum Gasteiger partial charge on any atom is 0.261 e. The minimum Gasteiger partial charge on any atom is -0.496 e. The Kier molecular flexibility index (Phi) is 7.88. The van der Waals surface area contributed by atoms with Gasteiger partial charge < -0.3 is 24.4 Å². The molecule has 3 aromatic carbocycles. The summed E-state index contributed by atoms with van der Waals surface area (Å²) in [6.45, 7) is 1.47. The average Bonchev–Trinajstić information content (AvgIpc) is 2.92. The summed E-state index contributed by atoms with van der Waals surface area (Å²) in [4.78, 5) is 27.7. The lowest BCUT2D eigenvalue weighted by molar-refractivity contribution is -0.121. The number of piperidine rings is 1. The van der Waals surface area contributed by atoms with Crippen molar-refractivity contribution in [1.29, 1.82) is 0 Å². The van der Waals surface area contributed by atoms with Gasteiger partial charge in [-0.15, -0.1) is 0 Å². The number of carbonyl (C=O) groups excluding carboxylic acids is 2. The normalized spacial score (nSPS) is 13.7. The van der Waals surface area contributed by atoms with E-state index in [0.29, 0.717) is 49.6 Å². The van der Waals surface area contributed by atoms with Crippen LogP contribution in [0.25, 0.3) is 0 Å². The summed E-state index contributed by atoms with van der Waals surface area (Å²) in [5.41, 5.74) is 2.23. The molecule has 35 heavy (non-hydrogen) atoms. The minimum absolute atomic E-state index is 0.0371. The molecule has 1 saturated heterocycles. The molecule has 1 aliphatic heterocycles. The Morgan fingerprint density at radius 2 is 1.49 bits per heavy atom. The number of rotatable bonds is 8. The minimum atomic E-state index is -0.160. The van der Waals surface area contributed by atoms with Gasteiger partial charge in [-0.25, -0.2) is 0 Å². The third-order valence-corrected chi connectivity index (χ3v) is 6.16. The molecule has 2 amide bonds. The molecule has 1 N–H and O–H groups in total. The fraction of sp³-hybridized carbons (Fsp3) is 0.286. The van der Waals surface area contributed by atoms with Crippen LogP contribution in [0.5, 0.6) is 17.2 Å². The van der Waals surface area contributed by atoms with E-state index in [9.17, 15) is 9.59 Å². The first kappa shape index (κ1) is 24.1. The molecule has 0 atom stereocenters. The van der Waals surface area contributed by atoms with Crippen molar-refractivity contribution < 1.29 is 23.8 Å². The van der Waals surface area contributed by atoms with Gasteiger partial charge in [0.1, 0.15) is 29.4 Å². The van der Waals surface area contributed by atoms with Gasteiger partial charge in [-0.1, -0.05) is 36.4 Å². The van der Waals surface area contributed by atoms with Gasteiger partial charge in [0.25, 0.3) is 5.91 Å². The molecule has 0 unspecified atom stereocenters. The zero-order valence-electron chi connectivity index (χ0n) is 20.0. The zero-order chi connectivity index (χ0) is 24.6. The van der Waals surface area contributed by atoms with Crippen molar-refractivity contribution >= 4 is 17.5 Å². The Balaban J connectivity index is 1.29. The molecule has 1 fully saturated rings. The average molecular weight is 475 g/mol. The number of ether oxygens (including phenoxy) is 3. The van der Waals surface area contributed by atoms with E-state index in [1.54, 1.807) is 23.1 Å². The molecule has 4 rings (SSSR count). The van der Waals surface area contributed by atoms with Gasteiger partial charge in [0.05, 0.1) is 14.2 Å². The second-order valence-corrected chi connectivity index (χ2v) is 8.39. The topological polar surface area (TPSA) is 77.1 Å². The summed E-state index contributed by atoms with van der Waals surface area (Å²) in [5, 5.41) is 2.99. The molecule has 3 aromatic rings. The number of likely N-dealkylation sites (tertiary alicyclic amines) is 1. The lowest BCUT2D eigenvalue weighted by Crippen LogP contribution is -2.41. The standard InChI is InChI=1S/C28H30N2O5/c1-33-24-9-6-10-25(34-2)26(24)28(32)30-17-15-21(16-18-30)27(31)29-22-11-13-23(14-12-22)35-19-20-7-4-3-5-8-20/h3-14,21H,15-19H2,1-2H3,(H,29,31). The van der Waals surface area contributed by atoms with E-state index in [-0.39, 0.29) is 17.7 Å². The molecule has 0 saturated carbocycles. The summed E-state index contributed by atoms with van der Waals surface area (Å²) in [5.74, 6) is 1.35. The number of carbonyl (C=O) groups is 2. The third-order valence-electron chi connectivity index (χ3n) is 6.16. The predicted molar refractivity (Wildman–Crippen MR) is 134 cm³/mol. The van der Waals surface area contributed by atoms with Gasteiger partial charge >= 0.3 is 0 Å². The smallest absolute Gasteiger partial charge is 0.261 e. The van der Waals surface area contributed by atoms with Crippen molar-refractivity contribution in [2.45, 2.75) is 19.4 Å². The number of hydrogen-bond donors (Lipinski definition) is 1. The van der Waals surface area contributed by atoms with Gasteiger partial charge in [-0.3, -0.25) is 9.59 Å². The number of hydrogen-bond acceptors (Lipinski definition) is 5. The SMILES string of the molecule is COc1cccc(OC)c1C(=O)N1CCC(C(=O)Nc2ccc(OCc3ccccc3)cc2)CC1. The number of benzene rings is 3. The van der Waals surface area contributed by atoms with Crippen molar-refractivity contribution in [3.05, 3.63) is 83.9 Å². The fourth-order valence-corrected chi connectivity index (χ4v) is 4.18. The van der Waals surface area contributed by atoms with E-state index in [1.165, 1.54) is 14.2 Å². The lowest BCUT2D eigenvalue weighted by Gasteiger charge is -2.32. The first-order valence-corrected chi connectivity index (χ1v) is 11.7. The number of methoxy groups -OCH3 is 2.